The van der Waals surface area contributed by atoms with Gasteiger partial charge in [-0.3, -0.25) is 0 Å². The van der Waals surface area contributed by atoms with Crippen molar-refractivity contribution in [1.82, 2.24) is 0 Å². The highest BCUT2D eigenvalue weighted by molar-refractivity contribution is 7.79. The monoisotopic (exact) mass is 239 g/mol. The van der Waals surface area contributed by atoms with Crippen LogP contribution in [0.5, 0.6) is 0 Å². The summed E-state index contributed by atoms with van der Waals surface area (Å²) in [7, 11) is 0. The zero-order valence-corrected chi connectivity index (χ0v) is 12.1. The van der Waals surface area contributed by atoms with E-state index in [-0.39, 0.29) is 5.41 Å². The average molecular weight is 239 g/mol. The fraction of sp³-hybridized carbons (Fsp3) is 0.643. The highest BCUT2D eigenvalue weighted by Crippen LogP contribution is 2.41. The lowest BCUT2D eigenvalue weighted by atomic mass is 9.86. The maximum absolute atomic E-state index is 7.45. The lowest BCUT2D eigenvalue weighted by Crippen LogP contribution is -2.10. The standard InChI is InChI=1S/C13H21N.CH4S/c1-10(2)5-6-11-7-8-13(3,4)12(11)9-14;1-2/h5-6,9-10,14H,7-8H2,1-4H3;2H,1H3/b6-5-,14-9?;. The van der Waals surface area contributed by atoms with E-state index in [0.29, 0.717) is 5.92 Å². The Kier molecular flexibility index (Phi) is 6.73. The highest BCUT2D eigenvalue weighted by atomic mass is 32.1. The Bertz CT molecular complexity index is 285. The summed E-state index contributed by atoms with van der Waals surface area (Å²) in [6.45, 7) is 8.82. The second kappa shape index (κ2) is 6.95. The number of nitrogens with one attached hydrogen (secondary N) is 1. The fourth-order valence-electron chi connectivity index (χ4n) is 1.92. The summed E-state index contributed by atoms with van der Waals surface area (Å²) < 4.78 is 0. The van der Waals surface area contributed by atoms with Gasteiger partial charge in [-0.1, -0.05) is 39.8 Å². The van der Waals surface area contributed by atoms with E-state index in [0.717, 1.165) is 6.42 Å². The topological polar surface area (TPSA) is 23.9 Å². The third-order valence-electron chi connectivity index (χ3n) is 2.92. The average Bonchev–Trinajstić information content (AvgIpc) is 2.53. The van der Waals surface area contributed by atoms with Gasteiger partial charge in [0.1, 0.15) is 0 Å². The molecule has 0 bridgehead atoms. The smallest absolute Gasteiger partial charge is 0.0218 e. The maximum atomic E-state index is 7.45. The predicted octanol–water partition coefficient (Wildman–Crippen LogP) is 4.51. The van der Waals surface area contributed by atoms with E-state index in [4.69, 9.17) is 5.41 Å². The van der Waals surface area contributed by atoms with Crippen molar-refractivity contribution in [3.63, 3.8) is 0 Å². The summed E-state index contributed by atoms with van der Waals surface area (Å²) >= 11 is 3.53. The minimum atomic E-state index is 0.207. The molecule has 0 fully saturated rings. The van der Waals surface area contributed by atoms with Crippen LogP contribution in [-0.2, 0) is 0 Å². The molecule has 92 valence electrons. The Morgan fingerprint density at radius 3 is 2.31 bits per heavy atom. The van der Waals surface area contributed by atoms with Crippen molar-refractivity contribution < 1.29 is 0 Å². The van der Waals surface area contributed by atoms with Crippen LogP contribution in [0.4, 0.5) is 0 Å². The van der Waals surface area contributed by atoms with E-state index >= 15 is 0 Å². The molecule has 0 aliphatic heterocycles. The number of hydrogen-bond donors (Lipinski definition) is 2. The van der Waals surface area contributed by atoms with Gasteiger partial charge >= 0.3 is 0 Å². The van der Waals surface area contributed by atoms with Gasteiger partial charge in [-0.2, -0.15) is 12.6 Å². The molecule has 0 heterocycles. The first kappa shape index (κ1) is 15.5. The van der Waals surface area contributed by atoms with Gasteiger partial charge < -0.3 is 5.41 Å². The SMILES string of the molecule is CC(C)/C=C\C1=C(C=N)C(C)(C)CC1.CS. The van der Waals surface area contributed by atoms with Gasteiger partial charge in [-0.25, -0.2) is 0 Å². The van der Waals surface area contributed by atoms with Crippen molar-refractivity contribution in [2.75, 3.05) is 6.26 Å². The quantitative estimate of drug-likeness (QED) is 0.535. The number of thiol groups is 1. The number of rotatable bonds is 3. The summed E-state index contributed by atoms with van der Waals surface area (Å²) in [5, 5.41) is 7.45. The van der Waals surface area contributed by atoms with Crippen LogP contribution >= 0.6 is 12.6 Å². The normalized spacial score (nSPS) is 18.9. The molecule has 1 aliphatic carbocycles. The van der Waals surface area contributed by atoms with Gasteiger partial charge in [0, 0.05) is 6.21 Å². The molecule has 1 nitrogen and oxygen atoms in total. The molecule has 0 unspecified atom stereocenters. The molecular formula is C14H25NS. The fourth-order valence-corrected chi connectivity index (χ4v) is 1.92. The molecule has 0 aromatic rings. The van der Waals surface area contributed by atoms with E-state index in [9.17, 15) is 0 Å². The molecule has 1 N–H and O–H groups in total. The largest absolute Gasteiger partial charge is 0.308 e. The van der Waals surface area contributed by atoms with Crippen LogP contribution in [0.1, 0.15) is 40.5 Å². The zero-order chi connectivity index (χ0) is 12.8. The first-order valence-corrected chi connectivity index (χ1v) is 6.74. The summed E-state index contributed by atoms with van der Waals surface area (Å²) in [5.41, 5.74) is 2.78. The van der Waals surface area contributed by atoms with Gasteiger partial charge in [-0.05, 0) is 41.6 Å². The second-order valence-corrected chi connectivity index (χ2v) is 5.07. The minimum Gasteiger partial charge on any atom is -0.308 e. The number of allylic oxidation sites excluding steroid dienone is 4. The summed E-state index contributed by atoms with van der Waals surface area (Å²) in [5.74, 6) is 0.596. The lowest BCUT2D eigenvalue weighted by molar-refractivity contribution is 0.458. The summed E-state index contributed by atoms with van der Waals surface area (Å²) in [4.78, 5) is 0. The van der Waals surface area contributed by atoms with Crippen molar-refractivity contribution in [2.45, 2.75) is 40.5 Å². The van der Waals surface area contributed by atoms with Crippen LogP contribution in [-0.4, -0.2) is 12.5 Å². The molecule has 0 aromatic heterocycles. The van der Waals surface area contributed by atoms with Gasteiger partial charge in [0.2, 0.25) is 0 Å². The molecule has 0 atom stereocenters. The van der Waals surface area contributed by atoms with Gasteiger partial charge in [0.25, 0.3) is 0 Å². The molecule has 0 saturated heterocycles. The van der Waals surface area contributed by atoms with Crippen molar-refractivity contribution in [1.29, 1.82) is 5.41 Å². The highest BCUT2D eigenvalue weighted by Gasteiger charge is 2.29. The van der Waals surface area contributed by atoms with Gasteiger partial charge in [0.05, 0.1) is 0 Å². The Hall–Kier alpha value is -0.500. The van der Waals surface area contributed by atoms with Crippen molar-refractivity contribution in [3.05, 3.63) is 23.3 Å². The predicted molar refractivity (Wildman–Crippen MR) is 77.7 cm³/mol. The van der Waals surface area contributed by atoms with Gasteiger partial charge in [-0.15, -0.1) is 0 Å². The first-order chi connectivity index (χ1) is 7.47. The van der Waals surface area contributed by atoms with Crippen LogP contribution in [0.2, 0.25) is 0 Å². The van der Waals surface area contributed by atoms with Gasteiger partial charge in [0.15, 0.2) is 0 Å². The van der Waals surface area contributed by atoms with Crippen molar-refractivity contribution in [2.24, 2.45) is 11.3 Å². The van der Waals surface area contributed by atoms with Crippen molar-refractivity contribution >= 4 is 18.8 Å². The first-order valence-electron chi connectivity index (χ1n) is 5.84. The number of hydrogen-bond acceptors (Lipinski definition) is 2. The van der Waals surface area contributed by atoms with Crippen LogP contribution < -0.4 is 0 Å². The Morgan fingerprint density at radius 2 is 1.88 bits per heavy atom. The Balaban J connectivity index is 0.00000106. The van der Waals surface area contributed by atoms with E-state index in [1.54, 1.807) is 6.26 Å². The molecule has 1 rings (SSSR count). The molecule has 0 radical (unpaired) electrons. The molecule has 2 heteroatoms. The molecule has 1 aliphatic rings. The molecular weight excluding hydrogens is 214 g/mol. The van der Waals surface area contributed by atoms with Crippen LogP contribution in [0.15, 0.2) is 23.3 Å². The van der Waals surface area contributed by atoms with E-state index in [1.807, 2.05) is 0 Å². The molecule has 0 saturated carbocycles. The lowest BCUT2D eigenvalue weighted by Gasteiger charge is -2.18. The summed E-state index contributed by atoms with van der Waals surface area (Å²) in [6.07, 6.45) is 9.96. The van der Waals surface area contributed by atoms with E-state index in [2.05, 4.69) is 52.5 Å². The Morgan fingerprint density at radius 1 is 1.31 bits per heavy atom. The minimum absolute atomic E-state index is 0.207. The summed E-state index contributed by atoms with van der Waals surface area (Å²) in [6, 6.07) is 0. The van der Waals surface area contributed by atoms with Crippen LogP contribution in [0, 0.1) is 16.7 Å². The second-order valence-electron chi connectivity index (χ2n) is 5.07. The van der Waals surface area contributed by atoms with Crippen molar-refractivity contribution in [3.8, 4) is 0 Å². The van der Waals surface area contributed by atoms with E-state index < -0.39 is 0 Å². The zero-order valence-electron chi connectivity index (χ0n) is 11.2. The molecule has 0 spiro atoms. The third-order valence-corrected chi connectivity index (χ3v) is 2.92. The molecule has 16 heavy (non-hydrogen) atoms. The molecule has 0 aromatic carbocycles. The molecule has 0 amide bonds. The van der Waals surface area contributed by atoms with Crippen LogP contribution in [0.3, 0.4) is 0 Å². The third kappa shape index (κ3) is 4.17. The van der Waals surface area contributed by atoms with E-state index in [1.165, 1.54) is 23.8 Å². The van der Waals surface area contributed by atoms with Crippen LogP contribution in [0.25, 0.3) is 0 Å². The Labute approximate surface area is 106 Å². The maximum Gasteiger partial charge on any atom is 0.0218 e.